The predicted octanol–water partition coefficient (Wildman–Crippen LogP) is 3.79. The largest absolute Gasteiger partial charge is 0.497 e. The first-order valence-electron chi connectivity index (χ1n) is 9.25. The average Bonchev–Trinajstić information content (AvgIpc) is 2.75. The third-order valence-electron chi connectivity index (χ3n) is 4.39. The van der Waals surface area contributed by atoms with Gasteiger partial charge in [-0.25, -0.2) is 4.98 Å². The second-order valence-electron chi connectivity index (χ2n) is 6.49. The van der Waals surface area contributed by atoms with Gasteiger partial charge in [-0.3, -0.25) is 4.79 Å². The second kappa shape index (κ2) is 8.52. The number of hydrogen-bond donors (Lipinski definition) is 2. The Bertz CT molecular complexity index is 988. The molecule has 4 rings (SSSR count). The predicted molar refractivity (Wildman–Crippen MR) is 110 cm³/mol. The number of nitrogens with one attached hydrogen (secondary N) is 2. The monoisotopic (exact) mass is 391 g/mol. The van der Waals surface area contributed by atoms with Crippen LogP contribution >= 0.6 is 0 Å². The van der Waals surface area contributed by atoms with E-state index in [2.05, 4.69) is 15.6 Å². The first-order chi connectivity index (χ1) is 14.2. The third kappa shape index (κ3) is 4.76. The van der Waals surface area contributed by atoms with Crippen LogP contribution in [-0.4, -0.2) is 31.2 Å². The summed E-state index contributed by atoms with van der Waals surface area (Å²) in [5, 5.41) is 6.07. The van der Waals surface area contributed by atoms with Crippen molar-refractivity contribution in [3.05, 3.63) is 66.4 Å². The zero-order valence-electron chi connectivity index (χ0n) is 16.0. The smallest absolute Gasteiger partial charge is 0.229 e. The van der Waals surface area contributed by atoms with Gasteiger partial charge >= 0.3 is 0 Å². The minimum Gasteiger partial charge on any atom is -0.497 e. The summed E-state index contributed by atoms with van der Waals surface area (Å²) in [7, 11) is 1.61. The number of methoxy groups -OCH3 is 1. The highest BCUT2D eigenvalue weighted by atomic mass is 16.6. The molecular formula is C22H21N3O4. The zero-order chi connectivity index (χ0) is 20.1. The molecular weight excluding hydrogens is 370 g/mol. The fourth-order valence-electron chi connectivity index (χ4n) is 2.95. The van der Waals surface area contributed by atoms with Crippen molar-refractivity contribution in [1.29, 1.82) is 0 Å². The summed E-state index contributed by atoms with van der Waals surface area (Å²) in [4.78, 5) is 16.5. The molecule has 1 aromatic heterocycles. The number of aromatic nitrogens is 1. The lowest BCUT2D eigenvalue weighted by atomic mass is 10.1. The van der Waals surface area contributed by atoms with Crippen molar-refractivity contribution in [2.45, 2.75) is 6.42 Å². The van der Waals surface area contributed by atoms with Crippen molar-refractivity contribution in [3.8, 4) is 17.2 Å². The summed E-state index contributed by atoms with van der Waals surface area (Å²) in [6, 6.07) is 16.7. The molecule has 0 aliphatic carbocycles. The Labute approximate surface area is 168 Å². The summed E-state index contributed by atoms with van der Waals surface area (Å²) in [6.07, 6.45) is 1.93. The van der Waals surface area contributed by atoms with Gasteiger partial charge in [-0.2, -0.15) is 0 Å². The summed E-state index contributed by atoms with van der Waals surface area (Å²) in [6.45, 7) is 1.11. The van der Waals surface area contributed by atoms with Gasteiger partial charge in [0.05, 0.1) is 25.4 Å². The number of pyridine rings is 1. The van der Waals surface area contributed by atoms with Crippen molar-refractivity contribution in [3.63, 3.8) is 0 Å². The first-order valence-corrected chi connectivity index (χ1v) is 9.25. The number of benzene rings is 2. The van der Waals surface area contributed by atoms with Gasteiger partial charge in [0.1, 0.15) is 24.8 Å². The van der Waals surface area contributed by atoms with E-state index in [4.69, 9.17) is 14.2 Å². The van der Waals surface area contributed by atoms with Crippen LogP contribution in [0.1, 0.15) is 5.56 Å². The number of fused-ring (bicyclic) bond motifs is 1. The molecule has 0 saturated carbocycles. The maximum atomic E-state index is 12.2. The van der Waals surface area contributed by atoms with Crippen LogP contribution in [0.3, 0.4) is 0 Å². The fraction of sp³-hybridized carbons (Fsp3) is 0.182. The molecule has 0 saturated heterocycles. The number of rotatable bonds is 6. The highest BCUT2D eigenvalue weighted by Gasteiger charge is 2.12. The Morgan fingerprint density at radius 1 is 1.00 bits per heavy atom. The maximum Gasteiger partial charge on any atom is 0.229 e. The molecule has 0 spiro atoms. The van der Waals surface area contributed by atoms with Gasteiger partial charge < -0.3 is 24.8 Å². The van der Waals surface area contributed by atoms with Crippen LogP contribution in [0.15, 0.2) is 60.8 Å². The number of carbonyl (C=O) groups is 1. The molecule has 1 amide bonds. The van der Waals surface area contributed by atoms with E-state index in [1.807, 2.05) is 48.5 Å². The van der Waals surface area contributed by atoms with Crippen LogP contribution in [0.4, 0.5) is 17.2 Å². The number of anilines is 3. The Hall–Kier alpha value is -3.74. The summed E-state index contributed by atoms with van der Waals surface area (Å²) < 4.78 is 16.2. The molecule has 1 aliphatic heterocycles. The Kier molecular flexibility index (Phi) is 5.47. The van der Waals surface area contributed by atoms with Gasteiger partial charge in [0.25, 0.3) is 0 Å². The Morgan fingerprint density at radius 3 is 2.48 bits per heavy atom. The van der Waals surface area contributed by atoms with E-state index < -0.39 is 0 Å². The van der Waals surface area contributed by atoms with Crippen LogP contribution in [-0.2, 0) is 11.2 Å². The molecule has 0 bridgehead atoms. The number of ether oxygens (including phenoxy) is 3. The zero-order valence-corrected chi connectivity index (χ0v) is 16.0. The molecule has 7 nitrogen and oxygen atoms in total. The topological polar surface area (TPSA) is 81.7 Å². The quantitative estimate of drug-likeness (QED) is 0.665. The van der Waals surface area contributed by atoms with Crippen molar-refractivity contribution in [2.24, 2.45) is 0 Å². The van der Waals surface area contributed by atoms with Crippen molar-refractivity contribution in [2.75, 3.05) is 31.0 Å². The Balaban J connectivity index is 1.34. The molecule has 0 atom stereocenters. The summed E-state index contributed by atoms with van der Waals surface area (Å²) in [5.41, 5.74) is 2.57. The number of carbonyl (C=O) groups excluding carboxylic acids is 1. The van der Waals surface area contributed by atoms with Gasteiger partial charge in [0, 0.05) is 11.8 Å². The minimum atomic E-state index is -0.129. The van der Waals surface area contributed by atoms with E-state index >= 15 is 0 Å². The van der Waals surface area contributed by atoms with Gasteiger partial charge in [0.2, 0.25) is 5.91 Å². The first kappa shape index (κ1) is 18.6. The maximum absolute atomic E-state index is 12.2. The molecule has 2 N–H and O–H groups in total. The van der Waals surface area contributed by atoms with Gasteiger partial charge in [-0.15, -0.1) is 0 Å². The average molecular weight is 391 g/mol. The van der Waals surface area contributed by atoms with E-state index in [0.29, 0.717) is 19.0 Å². The van der Waals surface area contributed by atoms with E-state index in [0.717, 1.165) is 34.2 Å². The van der Waals surface area contributed by atoms with Gasteiger partial charge in [-0.1, -0.05) is 12.1 Å². The molecule has 148 valence electrons. The number of hydrogen-bond acceptors (Lipinski definition) is 6. The molecule has 2 heterocycles. The lowest BCUT2D eigenvalue weighted by Crippen LogP contribution is -2.15. The molecule has 1 aliphatic rings. The molecule has 0 fully saturated rings. The number of nitrogens with zero attached hydrogens (tertiary/aromatic N) is 1. The van der Waals surface area contributed by atoms with Crippen LogP contribution in [0.5, 0.6) is 17.2 Å². The van der Waals surface area contributed by atoms with Crippen LogP contribution in [0, 0.1) is 0 Å². The fourth-order valence-corrected chi connectivity index (χ4v) is 2.95. The number of amides is 1. The molecule has 0 unspecified atom stereocenters. The van der Waals surface area contributed by atoms with E-state index in [1.165, 1.54) is 0 Å². The summed E-state index contributed by atoms with van der Waals surface area (Å²) >= 11 is 0. The van der Waals surface area contributed by atoms with Crippen molar-refractivity contribution in [1.82, 2.24) is 4.98 Å². The normalized spacial score (nSPS) is 12.2. The van der Waals surface area contributed by atoms with E-state index in [1.54, 1.807) is 19.4 Å². The molecule has 2 aromatic carbocycles. The third-order valence-corrected chi connectivity index (χ3v) is 4.39. The molecule has 3 aromatic rings. The SMILES string of the molecule is COc1ccc(CC(=O)Nc2ccc(Nc3ccc4c(c3)OCCO4)cn2)cc1. The second-order valence-corrected chi connectivity index (χ2v) is 6.49. The van der Waals surface area contributed by atoms with Crippen molar-refractivity contribution >= 4 is 23.1 Å². The van der Waals surface area contributed by atoms with Crippen LogP contribution in [0.25, 0.3) is 0 Å². The molecule has 0 radical (unpaired) electrons. The van der Waals surface area contributed by atoms with Crippen LogP contribution < -0.4 is 24.8 Å². The summed E-state index contributed by atoms with van der Waals surface area (Å²) in [5.74, 6) is 2.59. The minimum absolute atomic E-state index is 0.129. The van der Waals surface area contributed by atoms with E-state index in [-0.39, 0.29) is 12.3 Å². The highest BCUT2D eigenvalue weighted by Crippen LogP contribution is 2.33. The van der Waals surface area contributed by atoms with Crippen LogP contribution in [0.2, 0.25) is 0 Å². The molecule has 7 heteroatoms. The highest BCUT2D eigenvalue weighted by molar-refractivity contribution is 5.91. The lowest BCUT2D eigenvalue weighted by Gasteiger charge is -2.19. The van der Waals surface area contributed by atoms with E-state index in [9.17, 15) is 4.79 Å². The standard InChI is InChI=1S/C22H21N3O4/c1-27-18-6-2-15(3-7-18)12-22(26)25-21-9-5-17(14-23-21)24-16-4-8-19-20(13-16)29-11-10-28-19/h2-9,13-14,24H,10-12H2,1H3,(H,23,25,26). The Morgan fingerprint density at radius 2 is 1.76 bits per heavy atom. The molecule has 29 heavy (non-hydrogen) atoms. The van der Waals surface area contributed by atoms with Gasteiger partial charge in [-0.05, 0) is 42.0 Å². The van der Waals surface area contributed by atoms with Crippen molar-refractivity contribution < 1.29 is 19.0 Å². The van der Waals surface area contributed by atoms with Gasteiger partial charge in [0.15, 0.2) is 11.5 Å². The lowest BCUT2D eigenvalue weighted by molar-refractivity contribution is -0.115.